The topological polar surface area (TPSA) is 38.9 Å². The molecule has 1 aromatic heterocycles. The lowest BCUT2D eigenvalue weighted by Crippen LogP contribution is -2.02. The van der Waals surface area contributed by atoms with Crippen LogP contribution in [0.3, 0.4) is 0 Å². The zero-order chi connectivity index (χ0) is 8.55. The van der Waals surface area contributed by atoms with E-state index in [1.807, 2.05) is 13.0 Å². The van der Waals surface area contributed by atoms with Crippen molar-refractivity contribution in [2.45, 2.75) is 19.8 Å². The molecule has 0 spiro atoms. The van der Waals surface area contributed by atoms with E-state index in [1.54, 1.807) is 0 Å². The van der Waals surface area contributed by atoms with Gasteiger partial charge < -0.3 is 5.73 Å². The molecule has 12 heavy (non-hydrogen) atoms. The van der Waals surface area contributed by atoms with Gasteiger partial charge in [-0.1, -0.05) is 12.2 Å². The van der Waals surface area contributed by atoms with Crippen LogP contribution >= 0.6 is 0 Å². The van der Waals surface area contributed by atoms with Crippen molar-refractivity contribution in [2.24, 2.45) is 0 Å². The normalized spacial score (nSPS) is 14.4. The molecule has 0 aromatic carbocycles. The van der Waals surface area contributed by atoms with Gasteiger partial charge in [0.05, 0.1) is 0 Å². The van der Waals surface area contributed by atoms with E-state index in [-0.39, 0.29) is 0 Å². The van der Waals surface area contributed by atoms with E-state index in [0.717, 1.165) is 18.5 Å². The summed E-state index contributed by atoms with van der Waals surface area (Å²) >= 11 is 0. The molecule has 0 aliphatic heterocycles. The van der Waals surface area contributed by atoms with Crippen LogP contribution in [-0.2, 0) is 6.42 Å². The van der Waals surface area contributed by atoms with Crippen LogP contribution in [0.5, 0.6) is 0 Å². The minimum absolute atomic E-state index is 0.623. The predicted octanol–water partition coefficient (Wildman–Crippen LogP) is 1.93. The van der Waals surface area contributed by atoms with Gasteiger partial charge in [-0.15, -0.1) is 0 Å². The molecular formula is C10H12N2. The average molecular weight is 160 g/mol. The molecule has 1 heterocycles. The Balaban J connectivity index is 2.62. The summed E-state index contributed by atoms with van der Waals surface area (Å²) in [5.41, 5.74) is 9.31. The van der Waals surface area contributed by atoms with Gasteiger partial charge in [-0.3, -0.25) is 0 Å². The first-order valence-corrected chi connectivity index (χ1v) is 4.20. The highest BCUT2D eigenvalue weighted by Gasteiger charge is 2.08. The molecule has 0 unspecified atom stereocenters. The number of aromatic nitrogens is 1. The predicted molar refractivity (Wildman–Crippen MR) is 50.7 cm³/mol. The monoisotopic (exact) mass is 160 g/mol. The highest BCUT2D eigenvalue weighted by atomic mass is 14.8. The maximum absolute atomic E-state index is 5.64. The van der Waals surface area contributed by atoms with Gasteiger partial charge in [0.1, 0.15) is 5.82 Å². The van der Waals surface area contributed by atoms with Gasteiger partial charge in [-0.2, -0.15) is 0 Å². The molecule has 62 valence electrons. The first-order valence-electron chi connectivity index (χ1n) is 4.20. The van der Waals surface area contributed by atoms with Gasteiger partial charge in [-0.05, 0) is 37.0 Å². The lowest BCUT2D eigenvalue weighted by molar-refractivity contribution is 0.948. The molecule has 1 aliphatic rings. The van der Waals surface area contributed by atoms with Gasteiger partial charge in [0.25, 0.3) is 0 Å². The summed E-state index contributed by atoms with van der Waals surface area (Å²) in [6, 6.07) is 1.94. The van der Waals surface area contributed by atoms with Gasteiger partial charge >= 0.3 is 0 Å². The van der Waals surface area contributed by atoms with Gasteiger partial charge in [0.2, 0.25) is 0 Å². The van der Waals surface area contributed by atoms with Crippen LogP contribution in [0.4, 0.5) is 5.82 Å². The van der Waals surface area contributed by atoms with Crippen LogP contribution in [-0.4, -0.2) is 4.98 Å². The fourth-order valence-electron chi connectivity index (χ4n) is 1.66. The highest BCUT2D eigenvalue weighted by Crippen LogP contribution is 2.22. The summed E-state index contributed by atoms with van der Waals surface area (Å²) in [4.78, 5) is 4.23. The van der Waals surface area contributed by atoms with Crippen LogP contribution in [0.25, 0.3) is 6.08 Å². The van der Waals surface area contributed by atoms with Crippen LogP contribution in [0.2, 0.25) is 0 Å². The van der Waals surface area contributed by atoms with Crippen LogP contribution in [0.1, 0.15) is 23.2 Å². The Kier molecular flexibility index (Phi) is 1.61. The number of pyridine rings is 1. The molecule has 2 heteroatoms. The van der Waals surface area contributed by atoms with Crippen molar-refractivity contribution in [3.05, 3.63) is 29.0 Å². The Labute approximate surface area is 72.1 Å². The van der Waals surface area contributed by atoms with Crippen molar-refractivity contribution >= 4 is 11.9 Å². The van der Waals surface area contributed by atoms with E-state index in [2.05, 4.69) is 17.1 Å². The fraction of sp³-hybridized carbons (Fsp3) is 0.300. The Morgan fingerprint density at radius 3 is 3.17 bits per heavy atom. The molecule has 1 aromatic rings. The third kappa shape index (κ3) is 1.09. The van der Waals surface area contributed by atoms with Crippen molar-refractivity contribution in [1.29, 1.82) is 0 Å². The number of hydrogen-bond acceptors (Lipinski definition) is 2. The smallest absolute Gasteiger partial charge is 0.124 e. The average Bonchev–Trinajstić information content (AvgIpc) is 2.04. The molecule has 1 aliphatic carbocycles. The van der Waals surface area contributed by atoms with E-state index in [1.165, 1.54) is 11.1 Å². The second-order valence-corrected chi connectivity index (χ2v) is 3.14. The van der Waals surface area contributed by atoms with Crippen molar-refractivity contribution in [1.82, 2.24) is 4.98 Å². The van der Waals surface area contributed by atoms with Crippen molar-refractivity contribution in [3.63, 3.8) is 0 Å². The Hall–Kier alpha value is -1.31. The molecule has 0 bridgehead atoms. The number of rotatable bonds is 0. The van der Waals surface area contributed by atoms with Crippen molar-refractivity contribution in [2.75, 3.05) is 5.73 Å². The minimum atomic E-state index is 0.623. The summed E-state index contributed by atoms with van der Waals surface area (Å²) in [6.45, 7) is 2.02. The summed E-state index contributed by atoms with van der Waals surface area (Å²) in [5, 5.41) is 0. The molecule has 0 saturated heterocycles. The third-order valence-corrected chi connectivity index (χ3v) is 2.24. The molecule has 0 fully saturated rings. The number of nitrogens with zero attached hydrogens (tertiary/aromatic N) is 1. The number of allylic oxidation sites excluding steroid dienone is 1. The van der Waals surface area contributed by atoms with E-state index in [9.17, 15) is 0 Å². The fourth-order valence-corrected chi connectivity index (χ4v) is 1.66. The van der Waals surface area contributed by atoms with Crippen molar-refractivity contribution in [3.8, 4) is 0 Å². The molecule has 2 rings (SSSR count). The van der Waals surface area contributed by atoms with Crippen LogP contribution in [0.15, 0.2) is 12.1 Å². The van der Waals surface area contributed by atoms with Gasteiger partial charge in [0, 0.05) is 5.69 Å². The summed E-state index contributed by atoms with van der Waals surface area (Å²) < 4.78 is 0. The lowest BCUT2D eigenvalue weighted by atomic mass is 9.97. The Morgan fingerprint density at radius 2 is 2.33 bits per heavy atom. The van der Waals surface area contributed by atoms with Crippen molar-refractivity contribution < 1.29 is 0 Å². The zero-order valence-corrected chi connectivity index (χ0v) is 7.17. The Bertz CT molecular complexity index is 340. The number of nitrogens with two attached hydrogens (primary N) is 1. The summed E-state index contributed by atoms with van der Waals surface area (Å²) in [7, 11) is 0. The first kappa shape index (κ1) is 7.35. The zero-order valence-electron chi connectivity index (χ0n) is 7.17. The second-order valence-electron chi connectivity index (χ2n) is 3.14. The van der Waals surface area contributed by atoms with E-state index >= 15 is 0 Å². The Morgan fingerprint density at radius 1 is 1.50 bits per heavy atom. The molecule has 0 amide bonds. The number of fused-ring (bicyclic) bond motifs is 1. The molecule has 2 N–H and O–H groups in total. The number of nitrogen functional groups attached to an aromatic ring is 1. The second kappa shape index (κ2) is 2.63. The SMILES string of the molecule is Cc1nc(N)cc2c1CCC=C2. The van der Waals surface area contributed by atoms with Gasteiger partial charge in [-0.25, -0.2) is 4.98 Å². The lowest BCUT2D eigenvalue weighted by Gasteiger charge is -2.12. The minimum Gasteiger partial charge on any atom is -0.384 e. The maximum Gasteiger partial charge on any atom is 0.124 e. The number of hydrogen-bond donors (Lipinski definition) is 1. The van der Waals surface area contributed by atoms with E-state index in [4.69, 9.17) is 5.73 Å². The molecule has 0 saturated carbocycles. The number of aryl methyl sites for hydroxylation is 1. The third-order valence-electron chi connectivity index (χ3n) is 2.24. The summed E-state index contributed by atoms with van der Waals surface area (Å²) in [5.74, 6) is 0.623. The van der Waals surface area contributed by atoms with E-state index in [0.29, 0.717) is 5.82 Å². The van der Waals surface area contributed by atoms with E-state index < -0.39 is 0 Å². The molecule has 0 atom stereocenters. The number of anilines is 1. The highest BCUT2D eigenvalue weighted by molar-refractivity contribution is 5.60. The first-order chi connectivity index (χ1) is 5.77. The largest absolute Gasteiger partial charge is 0.384 e. The molecule has 2 nitrogen and oxygen atoms in total. The summed E-state index contributed by atoms with van der Waals surface area (Å²) in [6.07, 6.45) is 6.54. The maximum atomic E-state index is 5.64. The van der Waals surface area contributed by atoms with Crippen LogP contribution in [0, 0.1) is 6.92 Å². The van der Waals surface area contributed by atoms with Crippen LogP contribution < -0.4 is 5.73 Å². The standard InChI is InChI=1S/C10H12N2/c1-7-9-5-3-2-4-8(9)6-10(11)12-7/h2,4,6H,3,5H2,1H3,(H2,11,12). The quantitative estimate of drug-likeness (QED) is 0.629. The molecule has 0 radical (unpaired) electrons. The van der Waals surface area contributed by atoms with Gasteiger partial charge in [0.15, 0.2) is 0 Å². The molecular weight excluding hydrogens is 148 g/mol.